The van der Waals surface area contributed by atoms with Crippen LogP contribution in [0.15, 0.2) is 0 Å². The average molecular weight is 299 g/mol. The first kappa shape index (κ1) is 18.4. The first-order valence-electron chi connectivity index (χ1n) is 8.46. The number of piperidine rings is 1. The Morgan fingerprint density at radius 2 is 2.29 bits per heavy atom. The molecule has 1 amide bonds. The Balaban J connectivity index is 2.21. The summed E-state index contributed by atoms with van der Waals surface area (Å²) in [4.78, 5) is 14.4. The van der Waals surface area contributed by atoms with E-state index in [9.17, 15) is 4.79 Å². The van der Waals surface area contributed by atoms with Gasteiger partial charge in [0.25, 0.3) is 0 Å². The van der Waals surface area contributed by atoms with E-state index in [1.54, 1.807) is 0 Å². The van der Waals surface area contributed by atoms with Gasteiger partial charge in [0.1, 0.15) is 0 Å². The van der Waals surface area contributed by atoms with Crippen molar-refractivity contribution in [2.75, 3.05) is 39.3 Å². The highest BCUT2D eigenvalue weighted by Crippen LogP contribution is 2.10. The molecule has 1 heterocycles. The van der Waals surface area contributed by atoms with Crippen LogP contribution in [0.4, 0.5) is 0 Å². The molecule has 1 saturated heterocycles. The van der Waals surface area contributed by atoms with Gasteiger partial charge in [-0.25, -0.2) is 0 Å². The summed E-state index contributed by atoms with van der Waals surface area (Å²) in [6.45, 7) is 11.3. The van der Waals surface area contributed by atoms with E-state index in [-0.39, 0.29) is 12.0 Å². The fourth-order valence-corrected chi connectivity index (χ4v) is 2.68. The highest BCUT2D eigenvalue weighted by atomic mass is 16.5. The summed E-state index contributed by atoms with van der Waals surface area (Å²) in [7, 11) is 0. The van der Waals surface area contributed by atoms with E-state index in [0.29, 0.717) is 25.7 Å². The lowest BCUT2D eigenvalue weighted by atomic mass is 10.1. The number of amides is 1. The number of nitrogens with zero attached hydrogens (tertiary/aromatic N) is 1. The summed E-state index contributed by atoms with van der Waals surface area (Å²) in [5.74, 6) is 0.138. The van der Waals surface area contributed by atoms with Crippen LogP contribution in [-0.2, 0) is 9.53 Å². The second kappa shape index (κ2) is 11.0. The van der Waals surface area contributed by atoms with Crippen LogP contribution in [0.5, 0.6) is 0 Å². The van der Waals surface area contributed by atoms with Crippen LogP contribution in [0, 0.1) is 0 Å². The van der Waals surface area contributed by atoms with Crippen LogP contribution < -0.4 is 10.6 Å². The highest BCUT2D eigenvalue weighted by molar-refractivity contribution is 5.78. The Hall–Kier alpha value is -0.650. The normalized spacial score (nSPS) is 19.2. The molecule has 1 aliphatic heterocycles. The lowest BCUT2D eigenvalue weighted by Crippen LogP contribution is -2.49. The Labute approximate surface area is 129 Å². The van der Waals surface area contributed by atoms with Crippen LogP contribution in [0.3, 0.4) is 0 Å². The Morgan fingerprint density at radius 1 is 1.48 bits per heavy atom. The van der Waals surface area contributed by atoms with E-state index in [2.05, 4.69) is 22.5 Å². The van der Waals surface area contributed by atoms with Crippen molar-refractivity contribution in [3.05, 3.63) is 0 Å². The monoisotopic (exact) mass is 299 g/mol. The number of hydrogen-bond donors (Lipinski definition) is 2. The van der Waals surface area contributed by atoms with E-state index in [0.717, 1.165) is 32.5 Å². The highest BCUT2D eigenvalue weighted by Gasteiger charge is 2.21. The number of ether oxygens (including phenoxy) is 1. The van der Waals surface area contributed by atoms with Gasteiger partial charge in [-0.2, -0.15) is 0 Å². The molecular formula is C16H33N3O2. The Morgan fingerprint density at radius 3 is 2.90 bits per heavy atom. The van der Waals surface area contributed by atoms with Crippen molar-refractivity contribution in [1.82, 2.24) is 15.5 Å². The molecule has 1 atom stereocenters. The van der Waals surface area contributed by atoms with E-state index >= 15 is 0 Å². The molecule has 21 heavy (non-hydrogen) atoms. The van der Waals surface area contributed by atoms with Crippen LogP contribution >= 0.6 is 0 Å². The van der Waals surface area contributed by atoms with Gasteiger partial charge in [0.05, 0.1) is 12.6 Å². The summed E-state index contributed by atoms with van der Waals surface area (Å²) in [5.41, 5.74) is 0. The SMILES string of the molecule is CCCN(CC(=O)NCCCOC(C)C)C1CCCNC1. The van der Waals surface area contributed by atoms with Crippen molar-refractivity contribution in [1.29, 1.82) is 0 Å². The number of nitrogens with one attached hydrogen (secondary N) is 2. The second-order valence-corrected chi connectivity index (χ2v) is 6.09. The van der Waals surface area contributed by atoms with Gasteiger partial charge in [-0.1, -0.05) is 6.92 Å². The molecule has 0 aliphatic carbocycles. The van der Waals surface area contributed by atoms with E-state index in [1.807, 2.05) is 13.8 Å². The zero-order chi connectivity index (χ0) is 15.5. The molecule has 5 heteroatoms. The maximum Gasteiger partial charge on any atom is 0.234 e. The second-order valence-electron chi connectivity index (χ2n) is 6.09. The Bertz CT molecular complexity index is 279. The molecule has 0 saturated carbocycles. The number of carbonyl (C=O) groups excluding carboxylic acids is 1. The van der Waals surface area contributed by atoms with Crippen LogP contribution in [-0.4, -0.2) is 62.3 Å². The maximum absolute atomic E-state index is 12.1. The number of hydrogen-bond acceptors (Lipinski definition) is 4. The lowest BCUT2D eigenvalue weighted by Gasteiger charge is -2.34. The van der Waals surface area contributed by atoms with Crippen molar-refractivity contribution in [2.24, 2.45) is 0 Å². The maximum atomic E-state index is 12.1. The van der Waals surface area contributed by atoms with Gasteiger partial charge in [-0.15, -0.1) is 0 Å². The zero-order valence-corrected chi connectivity index (χ0v) is 14.0. The molecule has 0 radical (unpaired) electrons. The van der Waals surface area contributed by atoms with Crippen LogP contribution in [0.25, 0.3) is 0 Å². The summed E-state index contributed by atoms with van der Waals surface area (Å²) in [6.07, 6.45) is 4.63. The molecular weight excluding hydrogens is 266 g/mol. The zero-order valence-electron chi connectivity index (χ0n) is 14.0. The summed E-state index contributed by atoms with van der Waals surface area (Å²) in [6, 6.07) is 0.508. The molecule has 0 spiro atoms. The van der Waals surface area contributed by atoms with Gasteiger partial charge >= 0.3 is 0 Å². The topological polar surface area (TPSA) is 53.6 Å². The summed E-state index contributed by atoms with van der Waals surface area (Å²) >= 11 is 0. The van der Waals surface area contributed by atoms with E-state index < -0.39 is 0 Å². The minimum atomic E-state index is 0.138. The quantitative estimate of drug-likeness (QED) is 0.599. The minimum Gasteiger partial charge on any atom is -0.379 e. The molecule has 2 N–H and O–H groups in total. The van der Waals surface area contributed by atoms with Crippen molar-refractivity contribution >= 4 is 5.91 Å². The standard InChI is InChI=1S/C16H33N3O2/c1-4-10-19(15-7-5-8-17-12-15)13-16(20)18-9-6-11-21-14(2)3/h14-15,17H,4-13H2,1-3H3,(H,18,20). The molecule has 0 bridgehead atoms. The average Bonchev–Trinajstić information content (AvgIpc) is 2.47. The number of carbonyl (C=O) groups is 1. The molecule has 1 rings (SSSR count). The van der Waals surface area contributed by atoms with Crippen LogP contribution in [0.2, 0.25) is 0 Å². The van der Waals surface area contributed by atoms with Gasteiger partial charge in [0.2, 0.25) is 5.91 Å². The van der Waals surface area contributed by atoms with E-state index in [1.165, 1.54) is 12.8 Å². The molecule has 0 aromatic heterocycles. The third-order valence-electron chi connectivity index (χ3n) is 3.74. The van der Waals surface area contributed by atoms with Crippen molar-refractivity contribution in [2.45, 2.75) is 58.6 Å². The molecule has 124 valence electrons. The van der Waals surface area contributed by atoms with Crippen LogP contribution in [0.1, 0.15) is 46.5 Å². The Kier molecular flexibility index (Phi) is 9.63. The summed E-state index contributed by atoms with van der Waals surface area (Å²) < 4.78 is 5.47. The fraction of sp³-hybridized carbons (Fsp3) is 0.938. The van der Waals surface area contributed by atoms with Gasteiger partial charge in [0, 0.05) is 25.7 Å². The predicted molar refractivity (Wildman–Crippen MR) is 86.5 cm³/mol. The predicted octanol–water partition coefficient (Wildman–Crippen LogP) is 1.38. The van der Waals surface area contributed by atoms with Gasteiger partial charge in [-0.3, -0.25) is 9.69 Å². The number of rotatable bonds is 10. The first-order valence-corrected chi connectivity index (χ1v) is 8.46. The van der Waals surface area contributed by atoms with Gasteiger partial charge in [0.15, 0.2) is 0 Å². The van der Waals surface area contributed by atoms with Gasteiger partial charge < -0.3 is 15.4 Å². The molecule has 1 unspecified atom stereocenters. The molecule has 5 nitrogen and oxygen atoms in total. The third-order valence-corrected chi connectivity index (χ3v) is 3.74. The van der Waals surface area contributed by atoms with Crippen molar-refractivity contribution in [3.8, 4) is 0 Å². The van der Waals surface area contributed by atoms with Crippen molar-refractivity contribution < 1.29 is 9.53 Å². The summed E-state index contributed by atoms with van der Waals surface area (Å²) in [5, 5.41) is 6.43. The lowest BCUT2D eigenvalue weighted by molar-refractivity contribution is -0.123. The molecule has 1 fully saturated rings. The smallest absolute Gasteiger partial charge is 0.234 e. The van der Waals surface area contributed by atoms with Crippen molar-refractivity contribution in [3.63, 3.8) is 0 Å². The molecule has 0 aromatic carbocycles. The molecule has 1 aliphatic rings. The largest absolute Gasteiger partial charge is 0.379 e. The van der Waals surface area contributed by atoms with Gasteiger partial charge in [-0.05, 0) is 52.6 Å². The third kappa shape index (κ3) is 8.39. The fourth-order valence-electron chi connectivity index (χ4n) is 2.68. The minimum absolute atomic E-state index is 0.138. The molecule has 0 aromatic rings. The van der Waals surface area contributed by atoms with E-state index in [4.69, 9.17) is 4.74 Å². The first-order chi connectivity index (χ1) is 10.1.